The lowest BCUT2D eigenvalue weighted by molar-refractivity contribution is 0.0693. The molecular weight excluding hydrogens is 352 g/mol. The van der Waals surface area contributed by atoms with Gasteiger partial charge in [0.1, 0.15) is 28.6 Å². The molecule has 1 aliphatic rings. The third-order valence-electron chi connectivity index (χ3n) is 4.94. The zero-order valence-corrected chi connectivity index (χ0v) is 14.1. The van der Waals surface area contributed by atoms with Crippen molar-refractivity contribution in [3.63, 3.8) is 0 Å². The first-order chi connectivity index (χ1) is 12.7. The minimum atomic E-state index is -1.35. The molecule has 3 aromatic carbocycles. The van der Waals surface area contributed by atoms with Gasteiger partial charge < -0.3 is 25.5 Å². The Morgan fingerprint density at radius 1 is 0.926 bits per heavy atom. The molecule has 0 aromatic heterocycles. The summed E-state index contributed by atoms with van der Waals surface area (Å²) in [6, 6.07) is 5.23. The Kier molecular flexibility index (Phi) is 3.33. The highest BCUT2D eigenvalue weighted by atomic mass is 16.4. The number of carbonyl (C=O) groups is 2. The number of carbonyl (C=O) groups excluding carboxylic acids is 1. The Hall–Kier alpha value is -3.74. The van der Waals surface area contributed by atoms with Crippen LogP contribution >= 0.6 is 0 Å². The number of aryl methyl sites for hydroxylation is 1. The number of hydrogen-bond donors (Lipinski definition) is 5. The van der Waals surface area contributed by atoms with Crippen LogP contribution in [0.15, 0.2) is 24.3 Å². The zero-order chi connectivity index (χ0) is 19.6. The van der Waals surface area contributed by atoms with Crippen LogP contribution in [0.1, 0.15) is 43.0 Å². The van der Waals surface area contributed by atoms with Gasteiger partial charge in [-0.1, -0.05) is 0 Å². The minimum Gasteiger partial charge on any atom is -0.508 e. The number of fused-ring (bicyclic) bond motifs is 3. The number of phenolic OH excluding ortho intramolecular Hbond substituents is 3. The third-order valence-corrected chi connectivity index (χ3v) is 4.94. The molecule has 0 saturated heterocycles. The van der Waals surface area contributed by atoms with E-state index in [1.54, 1.807) is 6.07 Å². The lowest BCUT2D eigenvalue weighted by Gasteiger charge is -2.22. The molecule has 1 aliphatic carbocycles. The van der Waals surface area contributed by atoms with E-state index in [1.165, 1.54) is 19.1 Å². The number of carboxylic acid groups (broad SMARTS) is 1. The van der Waals surface area contributed by atoms with Crippen molar-refractivity contribution >= 4 is 22.5 Å². The van der Waals surface area contributed by atoms with Gasteiger partial charge in [0.25, 0.3) is 0 Å². The second-order valence-corrected chi connectivity index (χ2v) is 6.56. The van der Waals surface area contributed by atoms with E-state index in [9.17, 15) is 35.1 Å². The highest BCUT2D eigenvalue weighted by Crippen LogP contribution is 2.44. The van der Waals surface area contributed by atoms with E-state index in [-0.39, 0.29) is 39.8 Å². The first kappa shape index (κ1) is 16.7. The number of carboxylic acids is 1. The molecular formula is C20H14O7. The predicted molar refractivity (Wildman–Crippen MR) is 95.0 cm³/mol. The van der Waals surface area contributed by atoms with Gasteiger partial charge in [0.05, 0.1) is 11.1 Å². The summed E-state index contributed by atoms with van der Waals surface area (Å²) in [6.07, 6.45) is 0.169. The van der Waals surface area contributed by atoms with Gasteiger partial charge in [0.15, 0.2) is 0 Å². The Morgan fingerprint density at radius 3 is 2.26 bits per heavy atom. The summed E-state index contributed by atoms with van der Waals surface area (Å²) in [5.74, 6) is -3.39. The number of benzene rings is 3. The fourth-order valence-electron chi connectivity index (χ4n) is 3.85. The maximum atomic E-state index is 12.9. The maximum Gasteiger partial charge on any atom is 0.339 e. The molecule has 3 aromatic rings. The average molecular weight is 366 g/mol. The summed E-state index contributed by atoms with van der Waals surface area (Å²) in [5, 5.41) is 50.4. The molecule has 0 aliphatic heterocycles. The van der Waals surface area contributed by atoms with Gasteiger partial charge in [0, 0.05) is 11.5 Å². The van der Waals surface area contributed by atoms with Crippen LogP contribution < -0.4 is 0 Å². The predicted octanol–water partition coefficient (Wildman–Crippen LogP) is 2.80. The van der Waals surface area contributed by atoms with Crippen molar-refractivity contribution in [3.05, 3.63) is 57.6 Å². The van der Waals surface area contributed by atoms with Crippen molar-refractivity contribution in [2.45, 2.75) is 13.3 Å². The molecule has 0 atom stereocenters. The van der Waals surface area contributed by atoms with Crippen LogP contribution in [0.4, 0.5) is 0 Å². The molecule has 5 N–H and O–H groups in total. The molecule has 4 rings (SSSR count). The van der Waals surface area contributed by atoms with E-state index >= 15 is 0 Å². The average Bonchev–Trinajstić information content (AvgIpc) is 2.52. The lowest BCUT2D eigenvalue weighted by Crippen LogP contribution is -2.16. The molecule has 0 saturated carbocycles. The van der Waals surface area contributed by atoms with Crippen LogP contribution in [0, 0.1) is 6.92 Å². The Bertz CT molecular complexity index is 1190. The number of aromatic carboxylic acids is 1. The second-order valence-electron chi connectivity index (χ2n) is 6.56. The molecule has 0 spiro atoms. The van der Waals surface area contributed by atoms with Crippen molar-refractivity contribution < 1.29 is 35.1 Å². The van der Waals surface area contributed by atoms with Gasteiger partial charge in [-0.3, -0.25) is 4.79 Å². The van der Waals surface area contributed by atoms with Crippen molar-refractivity contribution in [1.29, 1.82) is 0 Å². The van der Waals surface area contributed by atoms with Crippen LogP contribution in [0.5, 0.6) is 23.0 Å². The standard InChI is InChI=1S/C20H14O7/c1-7-14-10(5-12(22)15(7)20(26)27)3-8-2-9-4-11(21)6-13(23)16(9)19(25)17(8)18(14)24/h3-6,21-24H,2H2,1H3,(H,26,27). The fourth-order valence-corrected chi connectivity index (χ4v) is 3.85. The fraction of sp³-hybridized carbons (Fsp3) is 0.100. The van der Waals surface area contributed by atoms with Gasteiger partial charge in [-0.25, -0.2) is 4.79 Å². The molecule has 0 unspecified atom stereocenters. The van der Waals surface area contributed by atoms with E-state index in [0.717, 1.165) is 6.07 Å². The summed E-state index contributed by atoms with van der Waals surface area (Å²) in [7, 11) is 0. The number of ketones is 1. The first-order valence-electron chi connectivity index (χ1n) is 8.04. The van der Waals surface area contributed by atoms with Gasteiger partial charge in [-0.05, 0) is 53.6 Å². The lowest BCUT2D eigenvalue weighted by atomic mass is 9.81. The normalized spacial score (nSPS) is 12.7. The van der Waals surface area contributed by atoms with E-state index < -0.39 is 29.0 Å². The maximum absolute atomic E-state index is 12.9. The molecule has 0 fully saturated rings. The van der Waals surface area contributed by atoms with Crippen molar-refractivity contribution in [3.8, 4) is 23.0 Å². The van der Waals surface area contributed by atoms with Gasteiger partial charge in [-0.2, -0.15) is 0 Å². The zero-order valence-electron chi connectivity index (χ0n) is 14.1. The van der Waals surface area contributed by atoms with Gasteiger partial charge >= 0.3 is 5.97 Å². The van der Waals surface area contributed by atoms with Crippen LogP contribution in [-0.4, -0.2) is 37.3 Å². The van der Waals surface area contributed by atoms with E-state index in [4.69, 9.17) is 0 Å². The molecule has 0 amide bonds. The van der Waals surface area contributed by atoms with E-state index in [1.807, 2.05) is 0 Å². The summed E-state index contributed by atoms with van der Waals surface area (Å²) in [4.78, 5) is 24.4. The third kappa shape index (κ3) is 2.21. The van der Waals surface area contributed by atoms with Crippen molar-refractivity contribution in [2.24, 2.45) is 0 Å². The number of aromatic hydroxyl groups is 4. The molecule has 0 heterocycles. The minimum absolute atomic E-state index is 0.00941. The Labute approximate surface area is 152 Å². The largest absolute Gasteiger partial charge is 0.508 e. The summed E-state index contributed by atoms with van der Waals surface area (Å²) in [5.41, 5.74) is 0.600. The van der Waals surface area contributed by atoms with Crippen LogP contribution in [0.2, 0.25) is 0 Å². The monoisotopic (exact) mass is 366 g/mol. The van der Waals surface area contributed by atoms with Crippen LogP contribution in [-0.2, 0) is 6.42 Å². The quantitative estimate of drug-likeness (QED) is 0.349. The van der Waals surface area contributed by atoms with Crippen molar-refractivity contribution in [2.75, 3.05) is 0 Å². The molecule has 0 radical (unpaired) electrons. The summed E-state index contributed by atoms with van der Waals surface area (Å²) < 4.78 is 0. The number of rotatable bonds is 1. The smallest absolute Gasteiger partial charge is 0.339 e. The second kappa shape index (κ2) is 5.38. The molecule has 136 valence electrons. The Balaban J connectivity index is 2.08. The molecule has 27 heavy (non-hydrogen) atoms. The highest BCUT2D eigenvalue weighted by molar-refractivity contribution is 6.19. The number of hydrogen-bond acceptors (Lipinski definition) is 6. The summed E-state index contributed by atoms with van der Waals surface area (Å²) >= 11 is 0. The van der Waals surface area contributed by atoms with Crippen molar-refractivity contribution in [1.82, 2.24) is 0 Å². The summed E-state index contributed by atoms with van der Waals surface area (Å²) in [6.45, 7) is 1.44. The Morgan fingerprint density at radius 2 is 1.59 bits per heavy atom. The highest BCUT2D eigenvalue weighted by Gasteiger charge is 2.31. The van der Waals surface area contributed by atoms with Crippen LogP contribution in [0.25, 0.3) is 10.8 Å². The first-order valence-corrected chi connectivity index (χ1v) is 8.04. The topological polar surface area (TPSA) is 135 Å². The van der Waals surface area contributed by atoms with Crippen LogP contribution in [0.3, 0.4) is 0 Å². The SMILES string of the molecule is Cc1c(C(=O)O)c(O)cc2cc3c(c(O)c12)C(=O)c1c(O)cc(O)cc1C3. The molecule has 0 bridgehead atoms. The van der Waals surface area contributed by atoms with Gasteiger partial charge in [-0.15, -0.1) is 0 Å². The van der Waals surface area contributed by atoms with E-state index in [0.29, 0.717) is 16.5 Å². The van der Waals surface area contributed by atoms with E-state index in [2.05, 4.69) is 0 Å². The van der Waals surface area contributed by atoms with Gasteiger partial charge in [0.2, 0.25) is 5.78 Å². The molecule has 7 nitrogen and oxygen atoms in total. The molecule has 7 heteroatoms. The number of phenols is 4.